The maximum atomic E-state index is 5.83. The van der Waals surface area contributed by atoms with Crippen LogP contribution in [-0.2, 0) is 0 Å². The Morgan fingerprint density at radius 1 is 1.47 bits per heavy atom. The Bertz CT molecular complexity index is 354. The molecule has 0 atom stereocenters. The number of nitrogens with one attached hydrogen (secondary N) is 1. The minimum absolute atomic E-state index is 0.535. The molecular weight excluding hydrogens is 216 g/mol. The molecule has 1 rings (SSSR count). The number of nitrogens with two attached hydrogens (primary N) is 1. The summed E-state index contributed by atoms with van der Waals surface area (Å²) in [6.45, 7) is 6.07. The molecule has 0 aliphatic rings. The van der Waals surface area contributed by atoms with Gasteiger partial charge in [-0.1, -0.05) is 0 Å². The number of nitrogen functional groups attached to an aromatic ring is 1. The average molecular weight is 238 g/mol. The minimum atomic E-state index is 0.535. The van der Waals surface area contributed by atoms with Crippen molar-refractivity contribution in [1.29, 1.82) is 0 Å². The van der Waals surface area contributed by atoms with Gasteiger partial charge < -0.3 is 20.7 Å². The van der Waals surface area contributed by atoms with Gasteiger partial charge in [0.1, 0.15) is 0 Å². The second kappa shape index (κ2) is 6.30. The van der Waals surface area contributed by atoms with Crippen LogP contribution in [0.25, 0.3) is 0 Å². The van der Waals surface area contributed by atoms with E-state index in [1.54, 1.807) is 19.2 Å². The van der Waals surface area contributed by atoms with Crippen LogP contribution in [0.15, 0.2) is 12.1 Å². The highest BCUT2D eigenvalue weighted by Gasteiger charge is 2.05. The second-order valence-electron chi connectivity index (χ2n) is 4.29. The Hall–Kier alpha value is -1.49. The molecule has 3 N–H and O–H groups in total. The van der Waals surface area contributed by atoms with Gasteiger partial charge in [-0.2, -0.15) is 4.98 Å². The van der Waals surface area contributed by atoms with E-state index >= 15 is 0 Å². The zero-order valence-electron chi connectivity index (χ0n) is 11.0. The van der Waals surface area contributed by atoms with Gasteiger partial charge >= 0.3 is 0 Å². The van der Waals surface area contributed by atoms with Crippen molar-refractivity contribution in [1.82, 2.24) is 9.88 Å². The molecule has 0 spiro atoms. The van der Waals surface area contributed by atoms with Gasteiger partial charge in [0.15, 0.2) is 5.82 Å². The third kappa shape index (κ3) is 4.11. The largest absolute Gasteiger partial charge is 0.481 e. The van der Waals surface area contributed by atoms with Crippen LogP contribution in [0.3, 0.4) is 0 Å². The van der Waals surface area contributed by atoms with Crippen LogP contribution in [0.5, 0.6) is 5.88 Å². The van der Waals surface area contributed by atoms with E-state index < -0.39 is 0 Å². The van der Waals surface area contributed by atoms with Crippen molar-refractivity contribution in [3.63, 3.8) is 0 Å². The van der Waals surface area contributed by atoms with E-state index in [9.17, 15) is 0 Å². The van der Waals surface area contributed by atoms with Gasteiger partial charge in [0.25, 0.3) is 0 Å². The maximum Gasteiger partial charge on any atom is 0.215 e. The predicted molar refractivity (Wildman–Crippen MR) is 71.5 cm³/mol. The number of hydrogen-bond acceptors (Lipinski definition) is 5. The van der Waals surface area contributed by atoms with Gasteiger partial charge in [-0.25, -0.2) is 0 Å². The molecule has 0 saturated carbocycles. The van der Waals surface area contributed by atoms with Crippen LogP contribution < -0.4 is 15.8 Å². The van der Waals surface area contributed by atoms with Crippen LogP contribution >= 0.6 is 0 Å². The molecular formula is C12H22N4O. The normalized spacial score (nSPS) is 10.9. The number of nitrogens with zero attached hydrogens (tertiary/aromatic N) is 2. The molecule has 5 nitrogen and oxygen atoms in total. The monoisotopic (exact) mass is 238 g/mol. The summed E-state index contributed by atoms with van der Waals surface area (Å²) in [6, 6.07) is 4.08. The average Bonchev–Trinajstić information content (AvgIpc) is 2.31. The Labute approximate surface area is 103 Å². The zero-order chi connectivity index (χ0) is 12.8. The van der Waals surface area contributed by atoms with E-state index in [2.05, 4.69) is 36.1 Å². The lowest BCUT2D eigenvalue weighted by Crippen LogP contribution is -2.31. The van der Waals surface area contributed by atoms with Crippen LogP contribution in [0.1, 0.15) is 13.8 Å². The lowest BCUT2D eigenvalue weighted by Gasteiger charge is -2.21. The summed E-state index contributed by atoms with van der Waals surface area (Å²) in [6.07, 6.45) is 0. The molecule has 1 heterocycles. The van der Waals surface area contributed by atoms with Crippen molar-refractivity contribution in [3.05, 3.63) is 12.1 Å². The van der Waals surface area contributed by atoms with Crippen LogP contribution in [0, 0.1) is 0 Å². The molecule has 0 bridgehead atoms. The number of ether oxygens (including phenoxy) is 1. The van der Waals surface area contributed by atoms with Gasteiger partial charge in [-0.05, 0) is 27.0 Å². The Kier molecular flexibility index (Phi) is 5.03. The summed E-state index contributed by atoms with van der Waals surface area (Å²) in [5.74, 6) is 1.25. The molecule has 0 fully saturated rings. The molecule has 0 amide bonds. The quantitative estimate of drug-likeness (QED) is 0.785. The van der Waals surface area contributed by atoms with Crippen molar-refractivity contribution >= 4 is 11.5 Å². The molecule has 1 aromatic heterocycles. The number of pyridine rings is 1. The Balaban J connectivity index is 2.51. The highest BCUT2D eigenvalue weighted by atomic mass is 16.5. The fourth-order valence-electron chi connectivity index (χ4n) is 1.32. The van der Waals surface area contributed by atoms with Crippen LogP contribution in [0.4, 0.5) is 11.5 Å². The summed E-state index contributed by atoms with van der Waals surface area (Å²) in [5, 5.41) is 3.22. The van der Waals surface area contributed by atoms with Crippen molar-refractivity contribution < 1.29 is 4.74 Å². The summed E-state index contributed by atoms with van der Waals surface area (Å²) < 4.78 is 5.06. The van der Waals surface area contributed by atoms with Crippen molar-refractivity contribution in [2.24, 2.45) is 0 Å². The minimum Gasteiger partial charge on any atom is -0.481 e. The molecule has 5 heteroatoms. The lowest BCUT2D eigenvalue weighted by atomic mass is 10.3. The topological polar surface area (TPSA) is 63.4 Å². The fourth-order valence-corrected chi connectivity index (χ4v) is 1.32. The smallest absolute Gasteiger partial charge is 0.215 e. The molecule has 0 radical (unpaired) electrons. The number of anilines is 2. The molecule has 96 valence electrons. The Morgan fingerprint density at radius 3 is 2.76 bits per heavy atom. The molecule has 17 heavy (non-hydrogen) atoms. The summed E-state index contributed by atoms with van der Waals surface area (Å²) >= 11 is 0. The number of hydrogen-bond donors (Lipinski definition) is 2. The van der Waals surface area contributed by atoms with Crippen LogP contribution in [-0.4, -0.2) is 43.2 Å². The van der Waals surface area contributed by atoms with Gasteiger partial charge in [0.05, 0.1) is 12.8 Å². The highest BCUT2D eigenvalue weighted by Crippen LogP contribution is 2.19. The molecule has 0 saturated heterocycles. The first-order valence-corrected chi connectivity index (χ1v) is 5.79. The Morgan fingerprint density at radius 2 is 2.18 bits per heavy atom. The summed E-state index contributed by atoms with van der Waals surface area (Å²) in [7, 11) is 3.68. The zero-order valence-corrected chi connectivity index (χ0v) is 11.0. The number of aromatic nitrogens is 1. The second-order valence-corrected chi connectivity index (χ2v) is 4.29. The molecule has 1 aromatic rings. The standard InChI is InChI=1S/C12H22N4O/c1-9(2)16(3)8-7-14-12-10(13)5-6-11(15-12)17-4/h5-6,9H,7-8,13H2,1-4H3,(H,14,15). The molecule has 0 aromatic carbocycles. The predicted octanol–water partition coefficient (Wildman–Crippen LogP) is 1.42. The van der Waals surface area contributed by atoms with Crippen molar-refractivity contribution in [2.45, 2.75) is 19.9 Å². The van der Waals surface area contributed by atoms with Gasteiger partial charge in [-0.15, -0.1) is 0 Å². The summed E-state index contributed by atoms with van der Waals surface area (Å²) in [5.41, 5.74) is 6.46. The molecule has 0 unspecified atom stereocenters. The van der Waals surface area contributed by atoms with E-state index in [0.717, 1.165) is 13.1 Å². The first-order chi connectivity index (χ1) is 8.04. The fraction of sp³-hybridized carbons (Fsp3) is 0.583. The van der Waals surface area contributed by atoms with E-state index in [1.165, 1.54) is 0 Å². The molecule has 0 aliphatic carbocycles. The number of rotatable bonds is 6. The van der Waals surface area contributed by atoms with Crippen LogP contribution in [0.2, 0.25) is 0 Å². The maximum absolute atomic E-state index is 5.83. The number of likely N-dealkylation sites (N-methyl/N-ethyl adjacent to an activating group) is 1. The van der Waals surface area contributed by atoms with Gasteiger partial charge in [0, 0.05) is 25.2 Å². The SMILES string of the molecule is COc1ccc(N)c(NCCN(C)C(C)C)n1. The third-order valence-electron chi connectivity index (χ3n) is 2.75. The van der Waals surface area contributed by atoms with E-state index in [-0.39, 0.29) is 0 Å². The van der Waals surface area contributed by atoms with E-state index in [0.29, 0.717) is 23.4 Å². The first kappa shape index (κ1) is 13.6. The summed E-state index contributed by atoms with van der Waals surface area (Å²) in [4.78, 5) is 6.51. The number of methoxy groups -OCH3 is 1. The lowest BCUT2D eigenvalue weighted by molar-refractivity contribution is 0.284. The van der Waals surface area contributed by atoms with E-state index in [1.807, 2.05) is 0 Å². The van der Waals surface area contributed by atoms with Crippen molar-refractivity contribution in [3.8, 4) is 5.88 Å². The van der Waals surface area contributed by atoms with E-state index in [4.69, 9.17) is 10.5 Å². The third-order valence-corrected chi connectivity index (χ3v) is 2.75. The highest BCUT2D eigenvalue weighted by molar-refractivity contribution is 5.61. The first-order valence-electron chi connectivity index (χ1n) is 5.79. The van der Waals surface area contributed by atoms with Gasteiger partial charge in [0.2, 0.25) is 5.88 Å². The van der Waals surface area contributed by atoms with Gasteiger partial charge in [-0.3, -0.25) is 0 Å². The molecule has 0 aliphatic heterocycles. The van der Waals surface area contributed by atoms with Crippen molar-refractivity contribution in [2.75, 3.05) is 38.3 Å².